The monoisotopic (exact) mass is 191 g/mol. The van der Waals surface area contributed by atoms with Crippen LogP contribution >= 0.6 is 0 Å². The summed E-state index contributed by atoms with van der Waals surface area (Å²) in [6.45, 7) is 2.44. The van der Waals surface area contributed by atoms with E-state index in [1.165, 1.54) is 6.92 Å². The summed E-state index contributed by atoms with van der Waals surface area (Å²) in [7, 11) is 0. The summed E-state index contributed by atoms with van der Waals surface area (Å²) >= 11 is 0. The Labute approximate surface area is 76.9 Å². The molecule has 13 heavy (non-hydrogen) atoms. The Bertz CT molecular complexity index is 182. The predicted molar refractivity (Wildman–Crippen MR) is 45.7 cm³/mol. The molecular weight excluding hydrogens is 176 g/mol. The van der Waals surface area contributed by atoms with E-state index in [-0.39, 0.29) is 18.7 Å². The Kier molecular flexibility index (Phi) is 3.22. The van der Waals surface area contributed by atoms with Gasteiger partial charge in [0.25, 0.3) is 0 Å². The molecule has 0 aromatic rings. The van der Waals surface area contributed by atoms with Crippen molar-refractivity contribution in [1.82, 2.24) is 4.90 Å². The maximum atomic E-state index is 12.9. The molecule has 1 rings (SSSR count). The van der Waals surface area contributed by atoms with E-state index in [2.05, 4.69) is 0 Å². The number of halogens is 2. The van der Waals surface area contributed by atoms with Crippen LogP contribution in [0.4, 0.5) is 8.78 Å². The third kappa shape index (κ3) is 3.28. The third-order valence-corrected chi connectivity index (χ3v) is 2.39. The van der Waals surface area contributed by atoms with Crippen molar-refractivity contribution in [2.75, 3.05) is 13.1 Å². The zero-order valence-corrected chi connectivity index (χ0v) is 7.85. The quantitative estimate of drug-likeness (QED) is 0.573. The molecule has 76 valence electrons. The van der Waals surface area contributed by atoms with Gasteiger partial charge < -0.3 is 4.90 Å². The van der Waals surface area contributed by atoms with Crippen molar-refractivity contribution >= 4 is 5.91 Å². The topological polar surface area (TPSA) is 20.3 Å². The van der Waals surface area contributed by atoms with Gasteiger partial charge in [0.05, 0.1) is 0 Å². The molecular formula is C9H15F2NO. The van der Waals surface area contributed by atoms with Crippen LogP contribution in [0.5, 0.6) is 0 Å². The van der Waals surface area contributed by atoms with Crippen molar-refractivity contribution in [1.29, 1.82) is 0 Å². The molecule has 0 aromatic carbocycles. The van der Waals surface area contributed by atoms with Crippen molar-refractivity contribution < 1.29 is 13.6 Å². The van der Waals surface area contributed by atoms with Crippen molar-refractivity contribution in [3.63, 3.8) is 0 Å². The molecule has 0 aromatic heterocycles. The highest BCUT2D eigenvalue weighted by molar-refractivity contribution is 5.73. The van der Waals surface area contributed by atoms with Gasteiger partial charge in [0.2, 0.25) is 11.8 Å². The van der Waals surface area contributed by atoms with Gasteiger partial charge in [-0.05, 0) is 12.8 Å². The molecule has 1 heterocycles. The van der Waals surface area contributed by atoms with E-state index in [4.69, 9.17) is 0 Å². The van der Waals surface area contributed by atoms with E-state index in [0.29, 0.717) is 25.9 Å². The smallest absolute Gasteiger partial charge is 0.248 e. The minimum atomic E-state index is -2.51. The number of amides is 1. The second-order valence-electron chi connectivity index (χ2n) is 3.57. The summed E-state index contributed by atoms with van der Waals surface area (Å²) in [6, 6.07) is 0. The van der Waals surface area contributed by atoms with Gasteiger partial charge in [0, 0.05) is 32.9 Å². The number of hydrogen-bond acceptors (Lipinski definition) is 1. The molecule has 1 fully saturated rings. The highest BCUT2D eigenvalue weighted by atomic mass is 19.3. The first-order valence-corrected chi connectivity index (χ1v) is 4.65. The second-order valence-corrected chi connectivity index (χ2v) is 3.57. The minimum Gasteiger partial charge on any atom is -0.343 e. The lowest BCUT2D eigenvalue weighted by atomic mass is 10.0. The number of alkyl halides is 2. The lowest BCUT2D eigenvalue weighted by Crippen LogP contribution is -2.34. The van der Waals surface area contributed by atoms with E-state index in [1.54, 1.807) is 4.90 Å². The molecule has 4 heteroatoms. The van der Waals surface area contributed by atoms with Crippen molar-refractivity contribution in [3.05, 3.63) is 0 Å². The normalized spacial score (nSPS) is 23.5. The second kappa shape index (κ2) is 4.03. The van der Waals surface area contributed by atoms with Crippen LogP contribution in [0.1, 0.15) is 32.6 Å². The van der Waals surface area contributed by atoms with Gasteiger partial charge in [-0.2, -0.15) is 0 Å². The molecule has 0 radical (unpaired) electrons. The summed E-state index contributed by atoms with van der Waals surface area (Å²) in [5.41, 5.74) is 0. The Morgan fingerprint density at radius 1 is 1.23 bits per heavy atom. The highest BCUT2D eigenvalue weighted by Gasteiger charge is 2.30. The molecule has 1 aliphatic heterocycles. The van der Waals surface area contributed by atoms with E-state index < -0.39 is 5.92 Å². The molecule has 0 N–H and O–H groups in total. The lowest BCUT2D eigenvalue weighted by molar-refractivity contribution is -0.130. The summed E-state index contributed by atoms with van der Waals surface area (Å²) in [6.07, 6.45) is 0.646. The number of rotatable bonds is 0. The van der Waals surface area contributed by atoms with Crippen LogP contribution in [0.3, 0.4) is 0 Å². The minimum absolute atomic E-state index is 0.00906. The molecule has 0 saturated carbocycles. The first-order chi connectivity index (χ1) is 6.01. The molecule has 0 spiro atoms. The summed E-state index contributed by atoms with van der Waals surface area (Å²) in [5, 5.41) is 0. The molecule has 0 atom stereocenters. The standard InChI is InChI=1S/C9H15F2NO/c1-8(13)12-6-2-4-9(10,11)5-3-7-12/h2-7H2,1H3. The Balaban J connectivity index is 2.44. The van der Waals surface area contributed by atoms with E-state index in [0.717, 1.165) is 0 Å². The fourth-order valence-electron chi connectivity index (χ4n) is 1.61. The highest BCUT2D eigenvalue weighted by Crippen LogP contribution is 2.27. The van der Waals surface area contributed by atoms with Crippen molar-refractivity contribution in [3.8, 4) is 0 Å². The van der Waals surface area contributed by atoms with Crippen LogP contribution in [0.2, 0.25) is 0 Å². The van der Waals surface area contributed by atoms with Crippen LogP contribution < -0.4 is 0 Å². The van der Waals surface area contributed by atoms with E-state index in [9.17, 15) is 13.6 Å². The number of likely N-dealkylation sites (tertiary alicyclic amines) is 1. The molecule has 1 amide bonds. The third-order valence-electron chi connectivity index (χ3n) is 2.39. The maximum Gasteiger partial charge on any atom is 0.248 e. The van der Waals surface area contributed by atoms with Crippen LogP contribution in [0.25, 0.3) is 0 Å². The number of carbonyl (C=O) groups is 1. The Morgan fingerprint density at radius 3 is 2.08 bits per heavy atom. The zero-order chi connectivity index (χ0) is 9.90. The number of hydrogen-bond donors (Lipinski definition) is 0. The average Bonchev–Trinajstić information content (AvgIpc) is 1.97. The SMILES string of the molecule is CC(=O)N1CCCC(F)(F)CCC1. The Morgan fingerprint density at radius 2 is 1.69 bits per heavy atom. The number of nitrogens with zero attached hydrogens (tertiary/aromatic N) is 1. The van der Waals surface area contributed by atoms with Gasteiger partial charge in [-0.1, -0.05) is 0 Å². The van der Waals surface area contributed by atoms with Gasteiger partial charge in [-0.15, -0.1) is 0 Å². The largest absolute Gasteiger partial charge is 0.343 e. The van der Waals surface area contributed by atoms with Crippen molar-refractivity contribution in [2.24, 2.45) is 0 Å². The molecule has 1 aliphatic rings. The molecule has 1 saturated heterocycles. The van der Waals surface area contributed by atoms with Gasteiger partial charge in [0.15, 0.2) is 0 Å². The van der Waals surface area contributed by atoms with Crippen LogP contribution in [0.15, 0.2) is 0 Å². The molecule has 2 nitrogen and oxygen atoms in total. The first-order valence-electron chi connectivity index (χ1n) is 4.65. The fourth-order valence-corrected chi connectivity index (χ4v) is 1.61. The lowest BCUT2D eigenvalue weighted by Gasteiger charge is -2.26. The van der Waals surface area contributed by atoms with Crippen LogP contribution in [0, 0.1) is 0 Å². The van der Waals surface area contributed by atoms with Crippen LogP contribution in [-0.2, 0) is 4.79 Å². The van der Waals surface area contributed by atoms with E-state index in [1.807, 2.05) is 0 Å². The fraction of sp³-hybridized carbons (Fsp3) is 0.889. The summed E-state index contributed by atoms with van der Waals surface area (Å²) in [5.74, 6) is -2.52. The van der Waals surface area contributed by atoms with Gasteiger partial charge in [0.1, 0.15) is 0 Å². The van der Waals surface area contributed by atoms with Gasteiger partial charge in [-0.25, -0.2) is 8.78 Å². The average molecular weight is 191 g/mol. The molecule has 0 aliphatic carbocycles. The number of carbonyl (C=O) groups excluding carboxylic acids is 1. The Hall–Kier alpha value is -0.670. The van der Waals surface area contributed by atoms with Crippen molar-refractivity contribution in [2.45, 2.75) is 38.5 Å². The predicted octanol–water partition coefficient (Wildman–Crippen LogP) is 2.04. The molecule has 0 unspecified atom stereocenters. The van der Waals surface area contributed by atoms with Gasteiger partial charge in [-0.3, -0.25) is 4.79 Å². The molecule has 0 bridgehead atoms. The zero-order valence-electron chi connectivity index (χ0n) is 7.85. The van der Waals surface area contributed by atoms with E-state index >= 15 is 0 Å². The maximum absolute atomic E-state index is 12.9. The summed E-state index contributed by atoms with van der Waals surface area (Å²) < 4.78 is 25.7. The summed E-state index contributed by atoms with van der Waals surface area (Å²) in [4.78, 5) is 12.6. The van der Waals surface area contributed by atoms with Gasteiger partial charge >= 0.3 is 0 Å². The van der Waals surface area contributed by atoms with Crippen LogP contribution in [-0.4, -0.2) is 29.8 Å². The first kappa shape index (κ1) is 10.4.